The van der Waals surface area contributed by atoms with Gasteiger partial charge in [0, 0.05) is 16.1 Å². The number of Topliss-reactive ketones (excluding diaryl/α,β-unsaturated/α-hetero) is 1. The van der Waals surface area contributed by atoms with Crippen LogP contribution in [0, 0.1) is 28.1 Å². The van der Waals surface area contributed by atoms with Crippen molar-refractivity contribution in [3.05, 3.63) is 88.1 Å². The molecule has 3 aromatic rings. The van der Waals surface area contributed by atoms with E-state index in [9.17, 15) is 15.3 Å². The maximum atomic E-state index is 14.0. The van der Waals surface area contributed by atoms with Crippen LogP contribution in [0.1, 0.15) is 26.7 Å². The summed E-state index contributed by atoms with van der Waals surface area (Å²) >= 11 is 1.48. The number of thiophene rings is 1. The van der Waals surface area contributed by atoms with Crippen molar-refractivity contribution in [1.29, 1.82) is 10.5 Å². The van der Waals surface area contributed by atoms with Gasteiger partial charge in [-0.1, -0.05) is 36.4 Å². The molecule has 5 rings (SSSR count). The summed E-state index contributed by atoms with van der Waals surface area (Å²) in [6.07, 6.45) is 3.85. The molecule has 2 aliphatic rings. The number of benzene rings is 2. The summed E-state index contributed by atoms with van der Waals surface area (Å²) < 4.78 is 5.24. The van der Waals surface area contributed by atoms with Gasteiger partial charge >= 0.3 is 0 Å². The molecule has 1 aromatic heterocycles. The topological polar surface area (TPSA) is 77.1 Å². The summed E-state index contributed by atoms with van der Waals surface area (Å²) in [6, 6.07) is 22.0. The van der Waals surface area contributed by atoms with Gasteiger partial charge in [-0.05, 0) is 47.3 Å². The minimum absolute atomic E-state index is 0.117. The second-order valence-corrected chi connectivity index (χ2v) is 8.87. The molecule has 0 aliphatic carbocycles. The molecule has 156 valence electrons. The maximum Gasteiger partial charge on any atom is 0.186 e. The highest BCUT2D eigenvalue weighted by molar-refractivity contribution is 7.10. The highest BCUT2D eigenvalue weighted by Crippen LogP contribution is 2.56. The molecule has 32 heavy (non-hydrogen) atoms. The quantitative estimate of drug-likeness (QED) is 0.535. The molecule has 0 N–H and O–H groups in total. The number of carbonyl (C=O) groups excluding carboxylic acids is 1. The Kier molecular flexibility index (Phi) is 4.81. The van der Waals surface area contributed by atoms with Gasteiger partial charge in [0.1, 0.15) is 11.8 Å². The Balaban J connectivity index is 1.74. The number of nitriles is 2. The third-order valence-electron chi connectivity index (χ3n) is 6.41. The standard InChI is InChI=1S/C26H19N3O2S/c1-31-19-11-8-18(9-12-19)25(30)24-23(21-7-4-14-32-21)26(15-27,16-28)22-13-10-17-5-2-3-6-20(17)29(22)24/h2-14,22-24H,1H3/t22-,23+,24-/m1/s1. The summed E-state index contributed by atoms with van der Waals surface area (Å²) in [5.74, 6) is -0.0447. The van der Waals surface area contributed by atoms with E-state index in [0.29, 0.717) is 11.3 Å². The van der Waals surface area contributed by atoms with Crippen molar-refractivity contribution in [2.24, 2.45) is 5.41 Å². The van der Waals surface area contributed by atoms with Gasteiger partial charge in [0.15, 0.2) is 11.2 Å². The van der Waals surface area contributed by atoms with E-state index in [4.69, 9.17) is 4.74 Å². The minimum atomic E-state index is -1.40. The van der Waals surface area contributed by atoms with Crippen molar-refractivity contribution in [2.75, 3.05) is 12.0 Å². The largest absolute Gasteiger partial charge is 0.497 e. The van der Waals surface area contributed by atoms with E-state index in [0.717, 1.165) is 16.1 Å². The van der Waals surface area contributed by atoms with E-state index >= 15 is 0 Å². The Morgan fingerprint density at radius 2 is 1.81 bits per heavy atom. The third kappa shape index (κ3) is 2.77. The number of anilines is 1. The number of para-hydroxylation sites is 1. The molecule has 3 heterocycles. The lowest BCUT2D eigenvalue weighted by molar-refractivity contribution is 0.0951. The van der Waals surface area contributed by atoms with Crippen molar-refractivity contribution < 1.29 is 9.53 Å². The van der Waals surface area contributed by atoms with Crippen LogP contribution in [0.2, 0.25) is 0 Å². The zero-order valence-electron chi connectivity index (χ0n) is 17.3. The van der Waals surface area contributed by atoms with E-state index in [2.05, 4.69) is 12.1 Å². The van der Waals surface area contributed by atoms with Gasteiger partial charge in [0.05, 0.1) is 31.2 Å². The lowest BCUT2D eigenvalue weighted by Gasteiger charge is -2.35. The van der Waals surface area contributed by atoms with E-state index in [1.54, 1.807) is 31.4 Å². The van der Waals surface area contributed by atoms with Crippen molar-refractivity contribution in [2.45, 2.75) is 18.0 Å². The number of nitrogens with zero attached hydrogens (tertiary/aromatic N) is 3. The van der Waals surface area contributed by atoms with E-state index in [-0.39, 0.29) is 5.78 Å². The summed E-state index contributed by atoms with van der Waals surface area (Å²) in [5, 5.41) is 22.6. The Bertz CT molecular complexity index is 1270. The molecule has 0 saturated carbocycles. The Hall–Kier alpha value is -3.87. The number of carbonyl (C=O) groups is 1. The van der Waals surface area contributed by atoms with Crippen LogP contribution in [0.5, 0.6) is 5.75 Å². The van der Waals surface area contributed by atoms with Crippen molar-refractivity contribution in [3.8, 4) is 17.9 Å². The predicted octanol–water partition coefficient (Wildman–Crippen LogP) is 5.04. The second kappa shape index (κ2) is 7.67. The van der Waals surface area contributed by atoms with E-state index in [1.807, 2.05) is 58.8 Å². The molecule has 1 fully saturated rings. The highest BCUT2D eigenvalue weighted by Gasteiger charge is 2.63. The first-order valence-corrected chi connectivity index (χ1v) is 11.1. The summed E-state index contributed by atoms with van der Waals surface area (Å²) in [7, 11) is 1.58. The smallest absolute Gasteiger partial charge is 0.186 e. The number of ketones is 1. The maximum absolute atomic E-state index is 14.0. The minimum Gasteiger partial charge on any atom is -0.497 e. The van der Waals surface area contributed by atoms with Crippen LogP contribution in [0.15, 0.2) is 72.1 Å². The number of hydrogen-bond donors (Lipinski definition) is 0. The van der Waals surface area contributed by atoms with E-state index in [1.165, 1.54) is 11.3 Å². The van der Waals surface area contributed by atoms with Gasteiger partial charge in [0.2, 0.25) is 0 Å². The molecule has 3 atom stereocenters. The van der Waals surface area contributed by atoms with Crippen LogP contribution in [-0.4, -0.2) is 25.0 Å². The van der Waals surface area contributed by atoms with Crippen LogP contribution in [0.4, 0.5) is 5.69 Å². The Morgan fingerprint density at radius 1 is 1.06 bits per heavy atom. The lowest BCUT2D eigenvalue weighted by Crippen LogP contribution is -2.44. The molecule has 6 heteroatoms. The third-order valence-corrected chi connectivity index (χ3v) is 7.36. The van der Waals surface area contributed by atoms with Gasteiger partial charge in [-0.2, -0.15) is 10.5 Å². The van der Waals surface area contributed by atoms with Crippen LogP contribution in [-0.2, 0) is 0 Å². The van der Waals surface area contributed by atoms with Crippen LogP contribution < -0.4 is 9.64 Å². The molecular formula is C26H19N3O2S. The molecule has 2 aliphatic heterocycles. The molecule has 1 saturated heterocycles. The lowest BCUT2D eigenvalue weighted by atomic mass is 9.71. The van der Waals surface area contributed by atoms with E-state index < -0.39 is 23.4 Å². The first-order chi connectivity index (χ1) is 15.6. The SMILES string of the molecule is COc1ccc(C(=O)[C@H]2[C@H](c3cccs3)C(C#N)(C#N)[C@H]3C=Cc4ccccc4N23)cc1. The first kappa shape index (κ1) is 20.1. The van der Waals surface area contributed by atoms with Gasteiger partial charge in [-0.3, -0.25) is 4.79 Å². The Labute approximate surface area is 190 Å². The number of ether oxygens (including phenoxy) is 1. The monoisotopic (exact) mass is 437 g/mol. The number of fused-ring (bicyclic) bond motifs is 3. The average Bonchev–Trinajstić information content (AvgIpc) is 3.48. The Morgan fingerprint density at radius 3 is 2.47 bits per heavy atom. The normalized spacial score (nSPS) is 22.3. The second-order valence-electron chi connectivity index (χ2n) is 7.89. The van der Waals surface area contributed by atoms with Gasteiger partial charge in [-0.25, -0.2) is 0 Å². The molecule has 2 aromatic carbocycles. The molecule has 0 unspecified atom stereocenters. The molecular weight excluding hydrogens is 418 g/mol. The van der Waals surface area contributed by atoms with Crippen LogP contribution >= 0.6 is 11.3 Å². The highest BCUT2D eigenvalue weighted by atomic mass is 32.1. The van der Waals surface area contributed by atoms with Gasteiger partial charge in [-0.15, -0.1) is 11.3 Å². The molecule has 5 nitrogen and oxygen atoms in total. The van der Waals surface area contributed by atoms with Gasteiger partial charge < -0.3 is 9.64 Å². The number of methoxy groups -OCH3 is 1. The van der Waals surface area contributed by atoms with Gasteiger partial charge in [0.25, 0.3) is 0 Å². The van der Waals surface area contributed by atoms with Crippen LogP contribution in [0.25, 0.3) is 6.08 Å². The predicted molar refractivity (Wildman–Crippen MR) is 124 cm³/mol. The molecule has 0 bridgehead atoms. The summed E-state index contributed by atoms with van der Waals surface area (Å²) in [6.45, 7) is 0. The zero-order valence-corrected chi connectivity index (χ0v) is 18.1. The van der Waals surface area contributed by atoms with Crippen molar-refractivity contribution in [3.63, 3.8) is 0 Å². The fraction of sp³-hybridized carbons (Fsp3) is 0.192. The number of rotatable bonds is 4. The first-order valence-electron chi connectivity index (χ1n) is 10.2. The van der Waals surface area contributed by atoms with Crippen molar-refractivity contribution >= 4 is 28.9 Å². The molecule has 0 spiro atoms. The summed E-state index contributed by atoms with van der Waals surface area (Å²) in [5.41, 5.74) is 0.949. The molecule has 0 amide bonds. The molecule has 0 radical (unpaired) electrons. The fourth-order valence-corrected chi connectivity index (χ4v) is 5.87. The zero-order chi connectivity index (χ0) is 22.3. The van der Waals surface area contributed by atoms with Crippen molar-refractivity contribution in [1.82, 2.24) is 0 Å². The number of hydrogen-bond acceptors (Lipinski definition) is 6. The van der Waals surface area contributed by atoms with Crippen LogP contribution in [0.3, 0.4) is 0 Å². The average molecular weight is 438 g/mol. The fourth-order valence-electron chi connectivity index (χ4n) is 4.94. The summed E-state index contributed by atoms with van der Waals surface area (Å²) in [4.78, 5) is 16.9.